The van der Waals surface area contributed by atoms with E-state index in [1.165, 1.54) is 49.7 Å². The minimum Gasteiger partial charge on any atom is -0.319 e. The third-order valence-electron chi connectivity index (χ3n) is 9.59. The zero-order chi connectivity index (χ0) is 26.7. The number of nitrogens with zero attached hydrogens (tertiary/aromatic N) is 4. The summed E-state index contributed by atoms with van der Waals surface area (Å²) in [6.45, 7) is 6.78. The minimum absolute atomic E-state index is 0.0150. The molecule has 39 heavy (non-hydrogen) atoms. The van der Waals surface area contributed by atoms with Crippen molar-refractivity contribution in [3.63, 3.8) is 0 Å². The smallest absolute Gasteiger partial charge is 0.259 e. The number of anilines is 1. The van der Waals surface area contributed by atoms with Crippen LogP contribution in [0, 0.1) is 38.5 Å². The van der Waals surface area contributed by atoms with Gasteiger partial charge in [0.25, 0.3) is 5.91 Å². The largest absolute Gasteiger partial charge is 0.319 e. The van der Waals surface area contributed by atoms with E-state index >= 15 is 0 Å². The van der Waals surface area contributed by atoms with Gasteiger partial charge in [-0.3, -0.25) is 9.48 Å². The monoisotopic (exact) mass is 519 g/mol. The van der Waals surface area contributed by atoms with Gasteiger partial charge in [-0.05, 0) is 94.7 Å². The Bertz CT molecular complexity index is 1490. The number of aryl methyl sites for hydroxylation is 2. The van der Waals surface area contributed by atoms with Crippen molar-refractivity contribution in [2.75, 3.05) is 5.32 Å². The van der Waals surface area contributed by atoms with Gasteiger partial charge in [0.2, 0.25) is 0 Å². The molecule has 200 valence electrons. The number of hydrogen-bond acceptors (Lipinski definition) is 3. The van der Waals surface area contributed by atoms with Crippen LogP contribution < -0.4 is 5.32 Å². The second-order valence-electron chi connectivity index (χ2n) is 12.5. The average molecular weight is 520 g/mol. The molecule has 6 nitrogen and oxygen atoms in total. The highest BCUT2D eigenvalue weighted by Gasteiger charge is 2.54. The van der Waals surface area contributed by atoms with Crippen LogP contribution >= 0.6 is 0 Å². The van der Waals surface area contributed by atoms with Crippen molar-refractivity contribution in [3.05, 3.63) is 94.6 Å². The van der Waals surface area contributed by atoms with E-state index in [1.54, 1.807) is 0 Å². The predicted octanol–water partition coefficient (Wildman–Crippen LogP) is 6.76. The molecular formula is C33H37N5O. The lowest BCUT2D eigenvalue weighted by Gasteiger charge is -2.56. The molecule has 2 aromatic carbocycles. The molecule has 4 aliphatic carbocycles. The first kappa shape index (κ1) is 24.4. The van der Waals surface area contributed by atoms with Crippen LogP contribution in [0.5, 0.6) is 0 Å². The first-order chi connectivity index (χ1) is 18.9. The highest BCUT2D eigenvalue weighted by Crippen LogP contribution is 2.61. The fourth-order valence-electron chi connectivity index (χ4n) is 8.12. The second kappa shape index (κ2) is 9.22. The summed E-state index contributed by atoms with van der Waals surface area (Å²) in [6, 6.07) is 18.7. The van der Waals surface area contributed by atoms with E-state index in [9.17, 15) is 4.79 Å². The van der Waals surface area contributed by atoms with Crippen molar-refractivity contribution in [1.29, 1.82) is 0 Å². The van der Waals surface area contributed by atoms with Gasteiger partial charge in [0, 0.05) is 11.6 Å². The van der Waals surface area contributed by atoms with E-state index in [4.69, 9.17) is 10.2 Å². The molecule has 4 aliphatic rings. The molecule has 0 unspecified atom stereocenters. The van der Waals surface area contributed by atoms with Crippen molar-refractivity contribution < 1.29 is 4.79 Å². The second-order valence-corrected chi connectivity index (χ2v) is 12.5. The van der Waals surface area contributed by atoms with Gasteiger partial charge >= 0.3 is 0 Å². The Hall–Kier alpha value is -3.67. The van der Waals surface area contributed by atoms with E-state index in [1.807, 2.05) is 47.6 Å². The number of carbonyl (C=O) groups excluding carboxylic acids is 1. The molecule has 2 heterocycles. The molecule has 0 radical (unpaired) electrons. The molecule has 1 N–H and O–H groups in total. The average Bonchev–Trinajstić information content (AvgIpc) is 3.48. The Kier molecular flexibility index (Phi) is 5.76. The van der Waals surface area contributed by atoms with Gasteiger partial charge in [-0.15, -0.1) is 0 Å². The van der Waals surface area contributed by atoms with Crippen LogP contribution in [0.25, 0.3) is 5.69 Å². The van der Waals surface area contributed by atoms with E-state index in [0.29, 0.717) is 12.1 Å². The molecular weight excluding hydrogens is 482 g/mol. The molecule has 4 bridgehead atoms. The van der Waals surface area contributed by atoms with Gasteiger partial charge in [0.05, 0.1) is 40.6 Å². The third kappa shape index (κ3) is 4.30. The Morgan fingerprint density at radius 1 is 0.897 bits per heavy atom. The van der Waals surface area contributed by atoms with Crippen LogP contribution in [-0.2, 0) is 12.0 Å². The third-order valence-corrected chi connectivity index (χ3v) is 9.59. The van der Waals surface area contributed by atoms with Gasteiger partial charge in [-0.2, -0.15) is 10.2 Å². The number of nitrogens with one attached hydrogen (secondary N) is 1. The Labute approximate surface area is 230 Å². The molecule has 1 amide bonds. The quantitative estimate of drug-likeness (QED) is 0.306. The molecule has 0 saturated heterocycles. The van der Waals surface area contributed by atoms with Crippen LogP contribution in [0.15, 0.2) is 60.8 Å². The van der Waals surface area contributed by atoms with Crippen LogP contribution in [0.3, 0.4) is 0 Å². The number of amides is 1. The Morgan fingerprint density at radius 3 is 2.18 bits per heavy atom. The van der Waals surface area contributed by atoms with Gasteiger partial charge in [-0.25, -0.2) is 4.68 Å². The van der Waals surface area contributed by atoms with Gasteiger partial charge in [0.15, 0.2) is 0 Å². The summed E-state index contributed by atoms with van der Waals surface area (Å²) in [5.74, 6) is 2.25. The number of benzene rings is 2. The number of hydrogen-bond donors (Lipinski definition) is 1. The summed E-state index contributed by atoms with van der Waals surface area (Å²) in [7, 11) is 0. The van der Waals surface area contributed by atoms with E-state index in [-0.39, 0.29) is 11.3 Å². The molecule has 4 saturated carbocycles. The van der Waals surface area contributed by atoms with Crippen molar-refractivity contribution in [2.45, 2.75) is 71.3 Å². The molecule has 4 aromatic rings. The SMILES string of the molecule is Cc1ccc(Cn2nc(C)c(NC(=O)c3cn(-c4ccccc4)nc3C34CC5CC(CC(C5)C3)C4)c2C)cc1. The van der Waals surface area contributed by atoms with Gasteiger partial charge in [0.1, 0.15) is 0 Å². The zero-order valence-electron chi connectivity index (χ0n) is 23.2. The van der Waals surface area contributed by atoms with Crippen LogP contribution in [0.2, 0.25) is 0 Å². The lowest BCUT2D eigenvalue weighted by molar-refractivity contribution is -0.00765. The maximum absolute atomic E-state index is 14.1. The molecule has 0 aliphatic heterocycles. The number of aromatic nitrogens is 4. The lowest BCUT2D eigenvalue weighted by Crippen LogP contribution is -2.49. The summed E-state index contributed by atoms with van der Waals surface area (Å²) in [5.41, 5.74) is 7.76. The highest BCUT2D eigenvalue weighted by molar-refractivity contribution is 6.05. The fraction of sp³-hybridized carbons (Fsp3) is 0.424. The van der Waals surface area contributed by atoms with Crippen LogP contribution in [0.4, 0.5) is 5.69 Å². The molecule has 8 rings (SSSR count). The Morgan fingerprint density at radius 2 is 1.54 bits per heavy atom. The summed E-state index contributed by atoms with van der Waals surface area (Å²) in [6.07, 6.45) is 9.53. The van der Waals surface area contributed by atoms with Crippen LogP contribution in [0.1, 0.15) is 77.1 Å². The topological polar surface area (TPSA) is 64.7 Å². The van der Waals surface area contributed by atoms with Gasteiger partial charge < -0.3 is 5.32 Å². The maximum Gasteiger partial charge on any atom is 0.259 e. The normalized spacial score (nSPS) is 25.3. The first-order valence-corrected chi connectivity index (χ1v) is 14.4. The van der Waals surface area contributed by atoms with E-state index < -0.39 is 0 Å². The Balaban J connectivity index is 1.23. The molecule has 2 aromatic heterocycles. The highest BCUT2D eigenvalue weighted by atomic mass is 16.1. The minimum atomic E-state index is -0.0796. The van der Waals surface area contributed by atoms with Crippen molar-refractivity contribution >= 4 is 11.6 Å². The van der Waals surface area contributed by atoms with E-state index in [2.05, 4.69) is 48.6 Å². The van der Waals surface area contributed by atoms with Crippen molar-refractivity contribution in [3.8, 4) is 5.69 Å². The summed E-state index contributed by atoms with van der Waals surface area (Å²) in [4.78, 5) is 14.1. The number of para-hydroxylation sites is 1. The number of rotatable bonds is 6. The summed E-state index contributed by atoms with van der Waals surface area (Å²) in [5, 5.41) is 13.2. The summed E-state index contributed by atoms with van der Waals surface area (Å²) >= 11 is 0. The molecule has 4 fully saturated rings. The first-order valence-electron chi connectivity index (χ1n) is 14.4. The van der Waals surface area contributed by atoms with Gasteiger partial charge in [-0.1, -0.05) is 48.0 Å². The standard InChI is InChI=1S/C33H37N5O/c1-21-9-11-24(12-10-21)19-37-23(3)30(22(2)35-37)34-32(39)29-20-38(28-7-5-4-6-8-28)36-31(29)33-16-25-13-26(17-33)15-27(14-25)18-33/h4-12,20,25-27H,13-19H2,1-3H3,(H,34,39). The number of carbonyl (C=O) groups is 1. The van der Waals surface area contributed by atoms with Crippen molar-refractivity contribution in [1.82, 2.24) is 19.6 Å². The molecule has 6 heteroatoms. The van der Waals surface area contributed by atoms with Crippen molar-refractivity contribution in [2.24, 2.45) is 17.8 Å². The van der Waals surface area contributed by atoms with E-state index in [0.717, 1.165) is 46.2 Å². The summed E-state index contributed by atoms with van der Waals surface area (Å²) < 4.78 is 3.91. The maximum atomic E-state index is 14.1. The van der Waals surface area contributed by atoms with Crippen LogP contribution in [-0.4, -0.2) is 25.5 Å². The molecule has 0 atom stereocenters. The molecule has 0 spiro atoms. The predicted molar refractivity (Wildman–Crippen MR) is 153 cm³/mol. The zero-order valence-corrected chi connectivity index (χ0v) is 23.2. The fourth-order valence-corrected chi connectivity index (χ4v) is 8.12. The lowest BCUT2D eigenvalue weighted by atomic mass is 9.48.